The van der Waals surface area contributed by atoms with Crippen molar-refractivity contribution in [3.63, 3.8) is 0 Å². The molecule has 0 saturated heterocycles. The summed E-state index contributed by atoms with van der Waals surface area (Å²) in [5.74, 6) is -0.271. The molecular formula is C13H12BrN3O. The van der Waals surface area contributed by atoms with Crippen LogP contribution in [0.1, 0.15) is 16.2 Å². The predicted octanol–water partition coefficient (Wildman–Crippen LogP) is 2.99. The van der Waals surface area contributed by atoms with E-state index < -0.39 is 0 Å². The third-order valence-electron chi connectivity index (χ3n) is 2.38. The molecule has 0 unspecified atom stereocenters. The van der Waals surface area contributed by atoms with E-state index in [9.17, 15) is 4.79 Å². The van der Waals surface area contributed by atoms with Crippen molar-refractivity contribution >= 4 is 33.2 Å². The molecule has 0 spiro atoms. The maximum absolute atomic E-state index is 12.0. The average Bonchev–Trinajstić information content (AvgIpc) is 2.32. The van der Waals surface area contributed by atoms with Crippen LogP contribution >= 0.6 is 15.9 Å². The number of aryl methyl sites for hydroxylation is 1. The van der Waals surface area contributed by atoms with Crippen LogP contribution < -0.4 is 11.1 Å². The van der Waals surface area contributed by atoms with Gasteiger partial charge in [-0.3, -0.25) is 4.79 Å². The highest BCUT2D eigenvalue weighted by Crippen LogP contribution is 2.23. The van der Waals surface area contributed by atoms with E-state index in [0.717, 1.165) is 10.2 Å². The van der Waals surface area contributed by atoms with Gasteiger partial charge in [-0.25, -0.2) is 4.98 Å². The number of hydrogen-bond donors (Lipinski definition) is 2. The van der Waals surface area contributed by atoms with Gasteiger partial charge >= 0.3 is 0 Å². The number of amides is 1. The minimum Gasteiger partial charge on any atom is -0.397 e. The van der Waals surface area contributed by atoms with Crippen LogP contribution in [-0.4, -0.2) is 10.9 Å². The fourth-order valence-corrected chi connectivity index (χ4v) is 1.88. The lowest BCUT2D eigenvalue weighted by atomic mass is 10.2. The van der Waals surface area contributed by atoms with E-state index >= 15 is 0 Å². The second-order valence-corrected chi connectivity index (χ2v) is 4.77. The Balaban J connectivity index is 2.21. The Kier molecular flexibility index (Phi) is 3.62. The standard InChI is InChI=1S/C13H12BrN3O/c1-8-3-2-4-12(16-8)13(18)17-11-6-5-9(14)7-10(11)15/h2-7H,15H2,1H3,(H,17,18). The van der Waals surface area contributed by atoms with Gasteiger partial charge in [0.25, 0.3) is 5.91 Å². The predicted molar refractivity (Wildman–Crippen MR) is 75.5 cm³/mol. The van der Waals surface area contributed by atoms with Gasteiger partial charge in [-0.2, -0.15) is 0 Å². The van der Waals surface area contributed by atoms with Crippen molar-refractivity contribution in [2.45, 2.75) is 6.92 Å². The number of nitrogens with zero attached hydrogens (tertiary/aromatic N) is 1. The maximum atomic E-state index is 12.0. The molecule has 0 atom stereocenters. The number of anilines is 2. The van der Waals surface area contributed by atoms with Crippen LogP contribution in [0, 0.1) is 6.92 Å². The van der Waals surface area contributed by atoms with Crippen molar-refractivity contribution in [1.82, 2.24) is 4.98 Å². The number of nitrogens with one attached hydrogen (secondary N) is 1. The molecule has 1 heterocycles. The van der Waals surface area contributed by atoms with Crippen molar-refractivity contribution < 1.29 is 4.79 Å². The highest BCUT2D eigenvalue weighted by atomic mass is 79.9. The lowest BCUT2D eigenvalue weighted by Crippen LogP contribution is -2.15. The molecule has 0 radical (unpaired) electrons. The second-order valence-electron chi connectivity index (χ2n) is 3.85. The first kappa shape index (κ1) is 12.6. The minimum atomic E-state index is -0.271. The monoisotopic (exact) mass is 305 g/mol. The highest BCUT2D eigenvalue weighted by molar-refractivity contribution is 9.10. The largest absolute Gasteiger partial charge is 0.397 e. The van der Waals surface area contributed by atoms with E-state index in [-0.39, 0.29) is 5.91 Å². The number of carbonyl (C=O) groups excluding carboxylic acids is 1. The molecule has 1 aromatic carbocycles. The molecule has 1 amide bonds. The van der Waals surface area contributed by atoms with Gasteiger partial charge in [-0.1, -0.05) is 22.0 Å². The number of pyridine rings is 1. The number of halogens is 1. The third kappa shape index (κ3) is 2.87. The summed E-state index contributed by atoms with van der Waals surface area (Å²) < 4.78 is 0.867. The number of nitrogen functional groups attached to an aromatic ring is 1. The first-order valence-electron chi connectivity index (χ1n) is 5.36. The molecule has 0 fully saturated rings. The topological polar surface area (TPSA) is 68.0 Å². The summed E-state index contributed by atoms with van der Waals surface area (Å²) in [5, 5.41) is 2.73. The Morgan fingerprint density at radius 1 is 1.33 bits per heavy atom. The highest BCUT2D eigenvalue weighted by Gasteiger charge is 2.09. The van der Waals surface area contributed by atoms with E-state index in [4.69, 9.17) is 5.73 Å². The van der Waals surface area contributed by atoms with Crippen LogP contribution in [0.25, 0.3) is 0 Å². The van der Waals surface area contributed by atoms with Crippen LogP contribution in [0.3, 0.4) is 0 Å². The quantitative estimate of drug-likeness (QED) is 0.838. The van der Waals surface area contributed by atoms with E-state index in [1.807, 2.05) is 19.1 Å². The third-order valence-corrected chi connectivity index (χ3v) is 2.88. The fourth-order valence-electron chi connectivity index (χ4n) is 1.50. The zero-order valence-electron chi connectivity index (χ0n) is 9.77. The molecule has 18 heavy (non-hydrogen) atoms. The molecule has 4 nitrogen and oxygen atoms in total. The summed E-state index contributed by atoms with van der Waals surface area (Å²) >= 11 is 3.31. The fraction of sp³-hybridized carbons (Fsp3) is 0.0769. The number of carbonyl (C=O) groups is 1. The molecule has 0 aliphatic rings. The molecule has 0 saturated carbocycles. The van der Waals surface area contributed by atoms with Gasteiger partial charge in [0.15, 0.2) is 0 Å². The summed E-state index contributed by atoms with van der Waals surface area (Å²) in [6.45, 7) is 1.84. The van der Waals surface area contributed by atoms with E-state index in [1.165, 1.54) is 0 Å². The summed E-state index contributed by atoms with van der Waals surface area (Å²) in [6.07, 6.45) is 0. The van der Waals surface area contributed by atoms with Crippen LogP contribution in [0.2, 0.25) is 0 Å². The van der Waals surface area contributed by atoms with Crippen LogP contribution in [0.15, 0.2) is 40.9 Å². The van der Waals surface area contributed by atoms with Gasteiger partial charge < -0.3 is 11.1 Å². The minimum absolute atomic E-state index is 0.271. The van der Waals surface area contributed by atoms with Crippen molar-refractivity contribution in [3.05, 3.63) is 52.3 Å². The molecule has 0 aliphatic heterocycles. The van der Waals surface area contributed by atoms with Crippen molar-refractivity contribution in [2.75, 3.05) is 11.1 Å². The van der Waals surface area contributed by atoms with Gasteiger partial charge in [0, 0.05) is 10.2 Å². The van der Waals surface area contributed by atoms with Crippen LogP contribution in [0.4, 0.5) is 11.4 Å². The molecule has 92 valence electrons. The zero-order valence-corrected chi connectivity index (χ0v) is 11.4. The normalized spacial score (nSPS) is 10.1. The van der Waals surface area contributed by atoms with Gasteiger partial charge in [0.1, 0.15) is 5.69 Å². The SMILES string of the molecule is Cc1cccc(C(=O)Nc2ccc(Br)cc2N)n1. The van der Waals surface area contributed by atoms with Gasteiger partial charge in [-0.05, 0) is 37.3 Å². The van der Waals surface area contributed by atoms with Crippen molar-refractivity contribution in [2.24, 2.45) is 0 Å². The smallest absolute Gasteiger partial charge is 0.274 e. The Labute approximate surface area is 113 Å². The Morgan fingerprint density at radius 2 is 2.11 bits per heavy atom. The molecular weight excluding hydrogens is 294 g/mol. The maximum Gasteiger partial charge on any atom is 0.274 e. The molecule has 0 aliphatic carbocycles. The molecule has 3 N–H and O–H groups in total. The van der Waals surface area contributed by atoms with Gasteiger partial charge in [0.2, 0.25) is 0 Å². The summed E-state index contributed by atoms with van der Waals surface area (Å²) in [7, 11) is 0. The summed E-state index contributed by atoms with van der Waals surface area (Å²) in [4.78, 5) is 16.1. The molecule has 5 heteroatoms. The molecule has 2 aromatic rings. The first-order chi connectivity index (χ1) is 8.56. The zero-order chi connectivity index (χ0) is 13.1. The lowest BCUT2D eigenvalue weighted by Gasteiger charge is -2.08. The van der Waals surface area contributed by atoms with Crippen molar-refractivity contribution in [3.8, 4) is 0 Å². The van der Waals surface area contributed by atoms with E-state index in [1.54, 1.807) is 24.3 Å². The second kappa shape index (κ2) is 5.18. The van der Waals surface area contributed by atoms with E-state index in [2.05, 4.69) is 26.2 Å². The van der Waals surface area contributed by atoms with Gasteiger partial charge in [0.05, 0.1) is 11.4 Å². The van der Waals surface area contributed by atoms with Gasteiger partial charge in [-0.15, -0.1) is 0 Å². The number of benzene rings is 1. The van der Waals surface area contributed by atoms with Crippen LogP contribution in [-0.2, 0) is 0 Å². The van der Waals surface area contributed by atoms with Crippen LogP contribution in [0.5, 0.6) is 0 Å². The van der Waals surface area contributed by atoms with Crippen molar-refractivity contribution in [1.29, 1.82) is 0 Å². The number of rotatable bonds is 2. The average molecular weight is 306 g/mol. The Morgan fingerprint density at radius 3 is 2.78 bits per heavy atom. The first-order valence-corrected chi connectivity index (χ1v) is 6.15. The molecule has 2 rings (SSSR count). The Bertz CT molecular complexity index is 599. The summed E-state index contributed by atoms with van der Waals surface area (Å²) in [5.41, 5.74) is 8.06. The molecule has 0 bridgehead atoms. The summed E-state index contributed by atoms with van der Waals surface area (Å²) in [6, 6.07) is 10.6. The number of hydrogen-bond acceptors (Lipinski definition) is 3. The number of aromatic nitrogens is 1. The lowest BCUT2D eigenvalue weighted by molar-refractivity contribution is 0.102. The Hall–Kier alpha value is -1.88. The number of nitrogens with two attached hydrogens (primary N) is 1. The molecule has 1 aromatic heterocycles. The van der Waals surface area contributed by atoms with E-state index in [0.29, 0.717) is 17.1 Å².